The molecule has 2 atom stereocenters. The summed E-state index contributed by atoms with van der Waals surface area (Å²) in [4.78, 5) is 46.3. The number of amides is 3. The highest BCUT2D eigenvalue weighted by Crippen LogP contribution is 2.28. The Morgan fingerprint density at radius 1 is 1.40 bits per heavy atom. The molecule has 0 radical (unpaired) electrons. The Bertz CT molecular complexity index is 539. The van der Waals surface area contributed by atoms with Gasteiger partial charge in [-0.05, 0) is 13.2 Å². The molecular formula is C13H15N2O5+. The maximum atomic E-state index is 12.0. The average molecular weight is 279 g/mol. The molecule has 2 fully saturated rings. The van der Waals surface area contributed by atoms with Gasteiger partial charge in [0.25, 0.3) is 5.91 Å². The van der Waals surface area contributed by atoms with E-state index in [-0.39, 0.29) is 22.5 Å². The zero-order chi connectivity index (χ0) is 14.9. The average Bonchev–Trinajstić information content (AvgIpc) is 2.92. The van der Waals surface area contributed by atoms with Gasteiger partial charge in [-0.3, -0.25) is 14.9 Å². The Balaban J connectivity index is 2.11. The number of carbonyl (C=O) groups is 4. The Labute approximate surface area is 115 Å². The van der Waals surface area contributed by atoms with Gasteiger partial charge in [-0.25, -0.2) is 9.59 Å². The number of quaternary nitrogens is 1. The highest BCUT2D eigenvalue weighted by atomic mass is 16.6. The standard InChI is InChI=1S/C13H14N2O5/c1-3-15(6-4-5-11(15)17)8(2)13(19)20-9-7-10(16)14-12(9)18/h3,9H,1-2,4-7H2/p+1. The minimum atomic E-state index is -1.16. The normalized spacial score (nSPS) is 29.2. The summed E-state index contributed by atoms with van der Waals surface area (Å²) in [5.74, 6) is -2.21. The van der Waals surface area contributed by atoms with Crippen LogP contribution in [0.25, 0.3) is 0 Å². The second kappa shape index (κ2) is 5.01. The molecule has 20 heavy (non-hydrogen) atoms. The number of likely N-dealkylation sites (tertiary alicyclic amines) is 1. The molecular weight excluding hydrogens is 264 g/mol. The fraction of sp³-hybridized carbons (Fsp3) is 0.385. The van der Waals surface area contributed by atoms with Crippen LogP contribution in [0, 0.1) is 0 Å². The lowest BCUT2D eigenvalue weighted by Gasteiger charge is -2.26. The number of nitrogens with zero attached hydrogens (tertiary/aromatic N) is 1. The second-order valence-electron chi connectivity index (χ2n) is 4.73. The van der Waals surface area contributed by atoms with Crippen molar-refractivity contribution in [1.29, 1.82) is 0 Å². The van der Waals surface area contributed by atoms with Crippen LogP contribution in [0.3, 0.4) is 0 Å². The first-order valence-corrected chi connectivity index (χ1v) is 6.19. The summed E-state index contributed by atoms with van der Waals surface area (Å²) in [5.41, 5.74) is -0.0883. The molecule has 2 unspecified atom stereocenters. The van der Waals surface area contributed by atoms with Crippen molar-refractivity contribution in [3.05, 3.63) is 25.1 Å². The third-order valence-electron chi connectivity index (χ3n) is 3.55. The Morgan fingerprint density at radius 2 is 2.10 bits per heavy atom. The number of hydrogen-bond acceptors (Lipinski definition) is 5. The quantitative estimate of drug-likeness (QED) is 0.331. The van der Waals surface area contributed by atoms with Crippen molar-refractivity contribution in [2.24, 2.45) is 0 Å². The van der Waals surface area contributed by atoms with E-state index >= 15 is 0 Å². The van der Waals surface area contributed by atoms with Gasteiger partial charge in [0.05, 0.1) is 19.4 Å². The van der Waals surface area contributed by atoms with Gasteiger partial charge < -0.3 is 4.74 Å². The molecule has 0 aromatic rings. The van der Waals surface area contributed by atoms with Crippen molar-refractivity contribution in [2.75, 3.05) is 6.54 Å². The molecule has 2 aliphatic heterocycles. The molecule has 0 bridgehead atoms. The van der Waals surface area contributed by atoms with Crippen LogP contribution >= 0.6 is 0 Å². The first-order valence-electron chi connectivity index (χ1n) is 6.19. The number of hydrogen-bond donors (Lipinski definition) is 1. The van der Waals surface area contributed by atoms with Gasteiger partial charge >= 0.3 is 11.9 Å². The molecule has 106 valence electrons. The Kier molecular flexibility index (Phi) is 3.54. The van der Waals surface area contributed by atoms with Crippen molar-refractivity contribution in [2.45, 2.75) is 25.4 Å². The summed E-state index contributed by atoms with van der Waals surface area (Å²) in [6.07, 6.45) is 0.938. The van der Waals surface area contributed by atoms with Crippen molar-refractivity contribution in [3.8, 4) is 0 Å². The minimum absolute atomic E-state index is 0.0883. The molecule has 2 heterocycles. The first kappa shape index (κ1) is 14.1. The van der Waals surface area contributed by atoms with Gasteiger partial charge in [0, 0.05) is 6.42 Å². The molecule has 1 N–H and O–H groups in total. The van der Waals surface area contributed by atoms with Crippen LogP contribution in [0.1, 0.15) is 19.3 Å². The number of ether oxygens (including phenoxy) is 1. The predicted molar refractivity (Wildman–Crippen MR) is 66.4 cm³/mol. The van der Waals surface area contributed by atoms with Gasteiger partial charge in [-0.15, -0.1) is 0 Å². The Hall–Kier alpha value is -2.28. The summed E-state index contributed by atoms with van der Waals surface area (Å²) in [7, 11) is 0. The fourth-order valence-electron chi connectivity index (χ4n) is 2.38. The lowest BCUT2D eigenvalue weighted by atomic mass is 10.3. The number of imide groups is 1. The van der Waals surface area contributed by atoms with Gasteiger partial charge in [-0.1, -0.05) is 0 Å². The maximum absolute atomic E-state index is 12.0. The lowest BCUT2D eigenvalue weighted by Crippen LogP contribution is -2.46. The van der Waals surface area contributed by atoms with E-state index in [0.29, 0.717) is 19.4 Å². The number of esters is 1. The van der Waals surface area contributed by atoms with E-state index in [2.05, 4.69) is 13.2 Å². The Morgan fingerprint density at radius 3 is 2.55 bits per heavy atom. The van der Waals surface area contributed by atoms with Crippen LogP contribution in [0.2, 0.25) is 0 Å². The molecule has 0 aliphatic carbocycles. The van der Waals surface area contributed by atoms with Gasteiger partial charge in [-0.2, -0.15) is 4.48 Å². The van der Waals surface area contributed by atoms with E-state index < -0.39 is 23.9 Å². The fourth-order valence-corrected chi connectivity index (χ4v) is 2.38. The first-order chi connectivity index (χ1) is 9.40. The molecule has 0 saturated carbocycles. The summed E-state index contributed by atoms with van der Waals surface area (Å²) in [6.45, 7) is 7.58. The van der Waals surface area contributed by atoms with E-state index in [1.807, 2.05) is 5.32 Å². The minimum Gasteiger partial charge on any atom is -0.444 e. The zero-order valence-corrected chi connectivity index (χ0v) is 10.9. The van der Waals surface area contributed by atoms with E-state index in [9.17, 15) is 19.2 Å². The number of rotatable bonds is 4. The van der Waals surface area contributed by atoms with Crippen molar-refractivity contribution >= 4 is 23.7 Å². The van der Waals surface area contributed by atoms with Gasteiger partial charge in [0.2, 0.25) is 11.6 Å². The topological polar surface area (TPSA) is 89.5 Å². The molecule has 0 aromatic heterocycles. The largest absolute Gasteiger partial charge is 0.444 e. The number of nitrogens with one attached hydrogen (secondary N) is 1. The molecule has 2 aliphatic rings. The van der Waals surface area contributed by atoms with Crippen molar-refractivity contribution in [3.63, 3.8) is 0 Å². The molecule has 7 heteroatoms. The second-order valence-corrected chi connectivity index (χ2v) is 4.73. The molecule has 0 aromatic carbocycles. The molecule has 2 rings (SSSR count). The predicted octanol–water partition coefficient (Wildman–Crippen LogP) is -0.261. The van der Waals surface area contributed by atoms with Crippen molar-refractivity contribution in [1.82, 2.24) is 5.32 Å². The van der Waals surface area contributed by atoms with Gasteiger partial charge in [0.1, 0.15) is 6.20 Å². The van der Waals surface area contributed by atoms with Crippen LogP contribution < -0.4 is 5.32 Å². The van der Waals surface area contributed by atoms with E-state index in [1.54, 1.807) is 0 Å². The van der Waals surface area contributed by atoms with E-state index in [1.165, 1.54) is 6.20 Å². The van der Waals surface area contributed by atoms with Crippen molar-refractivity contribution < 1.29 is 28.4 Å². The molecule has 7 nitrogen and oxygen atoms in total. The molecule has 2 saturated heterocycles. The molecule has 3 amide bonds. The van der Waals surface area contributed by atoms with Crippen LogP contribution in [-0.2, 0) is 23.9 Å². The summed E-state index contributed by atoms with van der Waals surface area (Å²) in [5, 5.41) is 2.04. The van der Waals surface area contributed by atoms with Crippen LogP contribution in [0.4, 0.5) is 0 Å². The van der Waals surface area contributed by atoms with Crippen LogP contribution in [0.5, 0.6) is 0 Å². The third kappa shape index (κ3) is 2.16. The summed E-state index contributed by atoms with van der Waals surface area (Å²) < 4.78 is 4.60. The highest BCUT2D eigenvalue weighted by molar-refractivity contribution is 6.06. The smallest absolute Gasteiger partial charge is 0.393 e. The summed E-state index contributed by atoms with van der Waals surface area (Å²) >= 11 is 0. The maximum Gasteiger partial charge on any atom is 0.393 e. The zero-order valence-electron chi connectivity index (χ0n) is 10.9. The van der Waals surface area contributed by atoms with Crippen LogP contribution in [-0.4, -0.2) is 40.8 Å². The lowest BCUT2D eigenvalue weighted by molar-refractivity contribution is -0.748. The highest BCUT2D eigenvalue weighted by Gasteiger charge is 2.47. The van der Waals surface area contributed by atoms with E-state index in [0.717, 1.165) is 0 Å². The monoisotopic (exact) mass is 279 g/mol. The van der Waals surface area contributed by atoms with E-state index in [4.69, 9.17) is 4.74 Å². The van der Waals surface area contributed by atoms with Crippen LogP contribution in [0.15, 0.2) is 25.1 Å². The third-order valence-corrected chi connectivity index (χ3v) is 3.55. The molecule has 0 spiro atoms. The summed E-state index contributed by atoms with van der Waals surface area (Å²) in [6, 6.07) is 0. The number of carbonyl (C=O) groups excluding carboxylic acids is 4. The SMILES string of the molecule is C=C[N+]1(C(=C)C(=O)OC2CC(=O)NC2=O)CCCC1=O. The van der Waals surface area contributed by atoms with Gasteiger partial charge in [0.15, 0.2) is 6.10 Å².